The minimum Gasteiger partial charge on any atom is -0.311 e. The molecule has 5 heteroatoms. The summed E-state index contributed by atoms with van der Waals surface area (Å²) in [7, 11) is 0. The van der Waals surface area contributed by atoms with Crippen LogP contribution in [-0.2, 0) is 6.54 Å². The number of hydrogen-bond acceptors (Lipinski definition) is 2. The van der Waals surface area contributed by atoms with E-state index in [1.54, 1.807) is 0 Å². The Bertz CT molecular complexity index is 543. The lowest BCUT2D eigenvalue weighted by Gasteiger charge is -2.46. The summed E-state index contributed by atoms with van der Waals surface area (Å²) in [6.07, 6.45) is 2.54. The van der Waals surface area contributed by atoms with Crippen LogP contribution in [0.25, 0.3) is 0 Å². The molecule has 116 valence electrons. The van der Waals surface area contributed by atoms with E-state index < -0.39 is 11.6 Å². The van der Waals surface area contributed by atoms with Crippen LogP contribution in [0, 0.1) is 17.6 Å². The van der Waals surface area contributed by atoms with E-state index in [1.165, 1.54) is 25.0 Å². The largest absolute Gasteiger partial charge is 0.311 e. The maximum atomic E-state index is 14.2. The second kappa shape index (κ2) is 5.60. The number of nitrogens with zero attached hydrogens (tertiary/aromatic N) is 1. The highest BCUT2D eigenvalue weighted by atomic mass is 79.9. The van der Waals surface area contributed by atoms with Gasteiger partial charge in [0.1, 0.15) is 11.6 Å². The molecule has 1 N–H and O–H groups in total. The molecular weight excluding hydrogens is 338 g/mol. The van der Waals surface area contributed by atoms with Crippen molar-refractivity contribution < 1.29 is 8.78 Å². The van der Waals surface area contributed by atoms with Gasteiger partial charge >= 0.3 is 0 Å². The van der Waals surface area contributed by atoms with Gasteiger partial charge in [0.25, 0.3) is 0 Å². The zero-order valence-electron chi connectivity index (χ0n) is 12.4. The summed E-state index contributed by atoms with van der Waals surface area (Å²) in [6, 6.07) is 3.21. The molecule has 1 heterocycles. The molecule has 0 radical (unpaired) electrons. The van der Waals surface area contributed by atoms with Crippen molar-refractivity contribution in [3.05, 3.63) is 33.8 Å². The van der Waals surface area contributed by atoms with E-state index >= 15 is 0 Å². The SMILES string of the molecule is CC1(C)CNC(C2CC2)CN1Cc1c(F)ccc(Br)c1F. The fourth-order valence-electron chi connectivity index (χ4n) is 3.04. The minimum atomic E-state index is -0.479. The number of piperazine rings is 1. The second-order valence-electron chi connectivity index (χ2n) is 6.84. The Hall–Kier alpha value is -0.520. The summed E-state index contributed by atoms with van der Waals surface area (Å²) in [4.78, 5) is 2.21. The molecule has 0 bridgehead atoms. The lowest BCUT2D eigenvalue weighted by Crippen LogP contribution is -2.62. The molecule has 0 amide bonds. The molecule has 1 unspecified atom stereocenters. The fraction of sp³-hybridized carbons (Fsp3) is 0.625. The highest BCUT2D eigenvalue weighted by Gasteiger charge is 2.40. The van der Waals surface area contributed by atoms with Crippen LogP contribution in [0.3, 0.4) is 0 Å². The van der Waals surface area contributed by atoms with Crippen molar-refractivity contribution in [1.82, 2.24) is 10.2 Å². The van der Waals surface area contributed by atoms with Gasteiger partial charge in [-0.2, -0.15) is 0 Å². The van der Waals surface area contributed by atoms with Gasteiger partial charge in [-0.3, -0.25) is 4.90 Å². The molecule has 1 aromatic rings. The Morgan fingerprint density at radius 1 is 1.33 bits per heavy atom. The van der Waals surface area contributed by atoms with E-state index in [4.69, 9.17) is 0 Å². The Morgan fingerprint density at radius 3 is 2.71 bits per heavy atom. The Kier molecular flexibility index (Phi) is 4.10. The summed E-state index contributed by atoms with van der Waals surface area (Å²) < 4.78 is 28.5. The predicted molar refractivity (Wildman–Crippen MR) is 83.1 cm³/mol. The van der Waals surface area contributed by atoms with Crippen molar-refractivity contribution in [2.24, 2.45) is 5.92 Å². The number of halogens is 3. The average Bonchev–Trinajstić information content (AvgIpc) is 3.25. The Morgan fingerprint density at radius 2 is 2.05 bits per heavy atom. The zero-order chi connectivity index (χ0) is 15.2. The summed E-state index contributed by atoms with van der Waals surface area (Å²) in [5.41, 5.74) is 0.0564. The van der Waals surface area contributed by atoms with Gasteiger partial charge in [-0.15, -0.1) is 0 Å². The third-order valence-corrected chi connectivity index (χ3v) is 5.36. The topological polar surface area (TPSA) is 15.3 Å². The Labute approximate surface area is 133 Å². The molecule has 1 saturated heterocycles. The zero-order valence-corrected chi connectivity index (χ0v) is 14.0. The fourth-order valence-corrected chi connectivity index (χ4v) is 3.41. The molecule has 3 rings (SSSR count). The smallest absolute Gasteiger partial charge is 0.144 e. The van der Waals surface area contributed by atoms with Crippen molar-refractivity contribution in [1.29, 1.82) is 0 Å². The van der Waals surface area contributed by atoms with Gasteiger partial charge in [0, 0.05) is 36.8 Å². The van der Waals surface area contributed by atoms with Gasteiger partial charge < -0.3 is 5.32 Å². The highest BCUT2D eigenvalue weighted by molar-refractivity contribution is 9.10. The van der Waals surface area contributed by atoms with E-state index in [9.17, 15) is 8.78 Å². The van der Waals surface area contributed by atoms with Gasteiger partial charge in [-0.1, -0.05) is 0 Å². The molecule has 1 atom stereocenters. The van der Waals surface area contributed by atoms with Gasteiger partial charge in [0.2, 0.25) is 0 Å². The highest BCUT2D eigenvalue weighted by Crippen LogP contribution is 2.36. The summed E-state index contributed by atoms with van der Waals surface area (Å²) in [5.74, 6) is -0.207. The molecule has 1 aliphatic carbocycles. The van der Waals surface area contributed by atoms with Crippen molar-refractivity contribution >= 4 is 15.9 Å². The first-order valence-corrected chi connectivity index (χ1v) is 8.28. The standard InChI is InChI=1S/C16H21BrF2N2/c1-16(2)9-20-14(10-3-4-10)8-21(16)7-11-13(18)6-5-12(17)15(11)19/h5-6,10,14,20H,3-4,7-9H2,1-2H3. The number of benzene rings is 1. The first kappa shape index (κ1) is 15.4. The van der Waals surface area contributed by atoms with Gasteiger partial charge in [0.05, 0.1) is 4.47 Å². The predicted octanol–water partition coefficient (Wildman–Crippen LogP) is 3.69. The molecule has 2 aliphatic rings. The van der Waals surface area contributed by atoms with Gasteiger partial charge in [-0.25, -0.2) is 8.78 Å². The number of hydrogen-bond donors (Lipinski definition) is 1. The summed E-state index contributed by atoms with van der Waals surface area (Å²) in [5, 5.41) is 3.59. The van der Waals surface area contributed by atoms with Crippen LogP contribution in [0.1, 0.15) is 32.3 Å². The molecule has 1 aromatic carbocycles. The van der Waals surface area contributed by atoms with E-state index in [2.05, 4.69) is 40.0 Å². The van der Waals surface area contributed by atoms with Crippen LogP contribution >= 0.6 is 15.9 Å². The summed E-state index contributed by atoms with van der Waals surface area (Å²) >= 11 is 3.15. The molecule has 2 fully saturated rings. The lowest BCUT2D eigenvalue weighted by atomic mass is 9.94. The third kappa shape index (κ3) is 3.15. The lowest BCUT2D eigenvalue weighted by molar-refractivity contribution is 0.0514. The van der Waals surface area contributed by atoms with E-state index in [1.807, 2.05) is 0 Å². The van der Waals surface area contributed by atoms with E-state index in [0.717, 1.165) is 19.0 Å². The molecule has 21 heavy (non-hydrogen) atoms. The normalized spacial score (nSPS) is 26.0. The quantitative estimate of drug-likeness (QED) is 0.829. The van der Waals surface area contributed by atoms with E-state index in [-0.39, 0.29) is 11.1 Å². The maximum Gasteiger partial charge on any atom is 0.144 e. The monoisotopic (exact) mass is 358 g/mol. The van der Waals surface area contributed by atoms with Gasteiger partial charge in [-0.05, 0) is 60.7 Å². The first-order chi connectivity index (χ1) is 9.88. The van der Waals surface area contributed by atoms with Crippen LogP contribution in [0.2, 0.25) is 0 Å². The third-order valence-electron chi connectivity index (χ3n) is 4.75. The molecular formula is C16H21BrF2N2. The maximum absolute atomic E-state index is 14.2. The van der Waals surface area contributed by atoms with Crippen molar-refractivity contribution in [2.75, 3.05) is 13.1 Å². The van der Waals surface area contributed by atoms with Crippen molar-refractivity contribution in [2.45, 2.75) is 44.8 Å². The minimum absolute atomic E-state index is 0.105. The Balaban J connectivity index is 1.82. The molecule has 0 aromatic heterocycles. The van der Waals surface area contributed by atoms with Crippen LogP contribution in [0.15, 0.2) is 16.6 Å². The summed E-state index contributed by atoms with van der Waals surface area (Å²) in [6.45, 7) is 6.26. The van der Waals surface area contributed by atoms with Gasteiger partial charge in [0.15, 0.2) is 0 Å². The molecule has 1 aliphatic heterocycles. The van der Waals surface area contributed by atoms with Crippen molar-refractivity contribution in [3.8, 4) is 0 Å². The van der Waals surface area contributed by atoms with Crippen LogP contribution in [-0.4, -0.2) is 29.6 Å². The van der Waals surface area contributed by atoms with Crippen LogP contribution < -0.4 is 5.32 Å². The average molecular weight is 359 g/mol. The van der Waals surface area contributed by atoms with Crippen LogP contribution in [0.5, 0.6) is 0 Å². The van der Waals surface area contributed by atoms with Crippen molar-refractivity contribution in [3.63, 3.8) is 0 Å². The number of nitrogens with one attached hydrogen (secondary N) is 1. The molecule has 1 saturated carbocycles. The van der Waals surface area contributed by atoms with Crippen LogP contribution in [0.4, 0.5) is 8.78 Å². The second-order valence-corrected chi connectivity index (χ2v) is 7.69. The van der Waals surface area contributed by atoms with E-state index in [0.29, 0.717) is 17.1 Å². The number of rotatable bonds is 3. The molecule has 2 nitrogen and oxygen atoms in total. The first-order valence-electron chi connectivity index (χ1n) is 7.49. The molecule has 0 spiro atoms.